The summed E-state index contributed by atoms with van der Waals surface area (Å²) in [6.45, 7) is 7.00. The third-order valence-electron chi connectivity index (χ3n) is 2.56. The highest BCUT2D eigenvalue weighted by Crippen LogP contribution is 1.96. The highest BCUT2D eigenvalue weighted by molar-refractivity contribution is 4.57. The van der Waals surface area contributed by atoms with Gasteiger partial charge in [0.15, 0.2) is 0 Å². The van der Waals surface area contributed by atoms with E-state index in [0.717, 1.165) is 12.8 Å². The van der Waals surface area contributed by atoms with E-state index in [9.17, 15) is 5.11 Å². The summed E-state index contributed by atoms with van der Waals surface area (Å²) in [7, 11) is 0. The predicted octanol–water partition coefficient (Wildman–Crippen LogP) is -0.642. The molecule has 0 aliphatic carbocycles. The van der Waals surface area contributed by atoms with Crippen molar-refractivity contribution in [3.05, 3.63) is 0 Å². The van der Waals surface area contributed by atoms with Gasteiger partial charge in [-0.25, -0.2) is 0 Å². The van der Waals surface area contributed by atoms with Gasteiger partial charge in [0, 0.05) is 26.3 Å². The molecule has 1 atom stereocenters. The van der Waals surface area contributed by atoms with Gasteiger partial charge in [-0.05, 0) is 32.9 Å². The van der Waals surface area contributed by atoms with Crippen LogP contribution < -0.4 is 11.5 Å². The van der Waals surface area contributed by atoms with Crippen LogP contribution in [0.2, 0.25) is 0 Å². The van der Waals surface area contributed by atoms with Crippen molar-refractivity contribution in [1.82, 2.24) is 4.90 Å². The molecular formula is C12H29N3O3. The molecule has 110 valence electrons. The Morgan fingerprint density at radius 3 is 1.72 bits per heavy atom. The summed E-state index contributed by atoms with van der Waals surface area (Å²) in [6.07, 6.45) is 1.26. The maximum absolute atomic E-state index is 9.59. The van der Waals surface area contributed by atoms with Gasteiger partial charge in [0.25, 0.3) is 0 Å². The van der Waals surface area contributed by atoms with E-state index in [4.69, 9.17) is 20.9 Å². The van der Waals surface area contributed by atoms with Gasteiger partial charge in [0.1, 0.15) is 6.23 Å². The minimum absolute atomic E-state index is 0.485. The maximum Gasteiger partial charge on any atom is 0.104 e. The van der Waals surface area contributed by atoms with Gasteiger partial charge in [-0.3, -0.25) is 4.90 Å². The van der Waals surface area contributed by atoms with E-state index in [1.807, 2.05) is 4.90 Å². The molecule has 5 N–H and O–H groups in total. The molecule has 0 amide bonds. The minimum atomic E-state index is -0.485. The molecule has 0 rings (SSSR count). The number of aliphatic hydroxyl groups excluding tert-OH is 1. The first kappa shape index (κ1) is 17.8. The summed E-state index contributed by atoms with van der Waals surface area (Å²) in [4.78, 5) is 1.92. The first-order valence-corrected chi connectivity index (χ1v) is 6.70. The Kier molecular flexibility index (Phi) is 13.0. The van der Waals surface area contributed by atoms with Crippen LogP contribution in [0.25, 0.3) is 0 Å². The second kappa shape index (κ2) is 13.2. The normalized spacial score (nSPS) is 13.2. The van der Waals surface area contributed by atoms with Crippen LogP contribution in [0.1, 0.15) is 19.8 Å². The van der Waals surface area contributed by atoms with Gasteiger partial charge < -0.3 is 26.0 Å². The van der Waals surface area contributed by atoms with Gasteiger partial charge in [-0.2, -0.15) is 0 Å². The lowest BCUT2D eigenvalue weighted by molar-refractivity contribution is -0.0192. The molecule has 6 nitrogen and oxygen atoms in total. The Morgan fingerprint density at radius 1 is 0.944 bits per heavy atom. The Bertz CT molecular complexity index is 157. The van der Waals surface area contributed by atoms with Crippen LogP contribution in [0.15, 0.2) is 0 Å². The second-order valence-corrected chi connectivity index (χ2v) is 4.18. The lowest BCUT2D eigenvalue weighted by atomic mass is 10.4. The molecule has 0 radical (unpaired) electrons. The predicted molar refractivity (Wildman–Crippen MR) is 72.2 cm³/mol. The average molecular weight is 263 g/mol. The van der Waals surface area contributed by atoms with Crippen LogP contribution >= 0.6 is 0 Å². The third-order valence-corrected chi connectivity index (χ3v) is 2.56. The number of nitrogens with two attached hydrogens (primary N) is 2. The third kappa shape index (κ3) is 10.9. The average Bonchev–Trinajstić information content (AvgIpc) is 2.35. The number of nitrogens with zero attached hydrogens (tertiary/aromatic N) is 1. The van der Waals surface area contributed by atoms with Crippen molar-refractivity contribution < 1.29 is 14.6 Å². The number of hydrogen-bond donors (Lipinski definition) is 3. The lowest BCUT2D eigenvalue weighted by Crippen LogP contribution is -2.38. The molecular weight excluding hydrogens is 234 g/mol. The zero-order chi connectivity index (χ0) is 13.6. The fourth-order valence-electron chi connectivity index (χ4n) is 1.42. The number of hydrogen-bond acceptors (Lipinski definition) is 6. The topological polar surface area (TPSA) is 94.0 Å². The van der Waals surface area contributed by atoms with Crippen molar-refractivity contribution >= 4 is 0 Å². The number of aliphatic hydroxyl groups is 1. The summed E-state index contributed by atoms with van der Waals surface area (Å²) >= 11 is 0. The van der Waals surface area contributed by atoms with Gasteiger partial charge >= 0.3 is 0 Å². The zero-order valence-electron chi connectivity index (χ0n) is 11.5. The van der Waals surface area contributed by atoms with Crippen molar-refractivity contribution in [2.45, 2.75) is 26.0 Å². The molecule has 0 aliphatic heterocycles. The summed E-state index contributed by atoms with van der Waals surface area (Å²) in [6, 6.07) is 0. The summed E-state index contributed by atoms with van der Waals surface area (Å²) in [5, 5.41) is 9.59. The molecule has 0 bridgehead atoms. The van der Waals surface area contributed by atoms with Crippen LogP contribution in [0, 0.1) is 0 Å². The molecule has 0 heterocycles. The van der Waals surface area contributed by atoms with Crippen LogP contribution in [0.5, 0.6) is 0 Å². The van der Waals surface area contributed by atoms with E-state index in [1.54, 1.807) is 6.92 Å². The smallest absolute Gasteiger partial charge is 0.104 e. The highest BCUT2D eigenvalue weighted by Gasteiger charge is 2.10. The van der Waals surface area contributed by atoms with Gasteiger partial charge in [0.2, 0.25) is 0 Å². The van der Waals surface area contributed by atoms with Crippen molar-refractivity contribution in [3.8, 4) is 0 Å². The standard InChI is InChI=1S/C12H29N3O3/c1-12(16)15(6-10-17-8-2-4-13)7-11-18-9-3-5-14/h12,16H,2-11,13-14H2,1H3. The van der Waals surface area contributed by atoms with Crippen LogP contribution in [0.4, 0.5) is 0 Å². The van der Waals surface area contributed by atoms with E-state index >= 15 is 0 Å². The molecule has 0 saturated carbocycles. The van der Waals surface area contributed by atoms with Crippen molar-refractivity contribution in [2.75, 3.05) is 52.6 Å². The Balaban J connectivity index is 3.53. The highest BCUT2D eigenvalue weighted by atomic mass is 16.5. The van der Waals surface area contributed by atoms with E-state index in [-0.39, 0.29) is 0 Å². The van der Waals surface area contributed by atoms with E-state index in [2.05, 4.69) is 0 Å². The molecule has 0 aromatic carbocycles. The first-order chi connectivity index (χ1) is 8.72. The van der Waals surface area contributed by atoms with E-state index in [0.29, 0.717) is 52.6 Å². The van der Waals surface area contributed by atoms with Crippen molar-refractivity contribution in [2.24, 2.45) is 11.5 Å². The number of rotatable bonds is 13. The summed E-state index contributed by atoms with van der Waals surface area (Å²) in [5.74, 6) is 0. The quantitative estimate of drug-likeness (QED) is 0.302. The van der Waals surface area contributed by atoms with Crippen molar-refractivity contribution in [1.29, 1.82) is 0 Å². The molecule has 0 fully saturated rings. The minimum Gasteiger partial charge on any atom is -0.380 e. The fraction of sp³-hybridized carbons (Fsp3) is 1.00. The summed E-state index contributed by atoms with van der Waals surface area (Å²) < 4.78 is 10.8. The molecule has 0 saturated heterocycles. The molecule has 0 aliphatic rings. The van der Waals surface area contributed by atoms with Gasteiger partial charge in [-0.15, -0.1) is 0 Å². The first-order valence-electron chi connectivity index (χ1n) is 6.70. The second-order valence-electron chi connectivity index (χ2n) is 4.18. The van der Waals surface area contributed by atoms with Crippen molar-refractivity contribution in [3.63, 3.8) is 0 Å². The Morgan fingerprint density at radius 2 is 1.39 bits per heavy atom. The van der Waals surface area contributed by atoms with Gasteiger partial charge in [0.05, 0.1) is 13.2 Å². The zero-order valence-corrected chi connectivity index (χ0v) is 11.5. The maximum atomic E-state index is 9.59. The molecule has 6 heteroatoms. The molecule has 1 unspecified atom stereocenters. The molecule has 0 aromatic heterocycles. The van der Waals surface area contributed by atoms with Crippen LogP contribution in [-0.2, 0) is 9.47 Å². The van der Waals surface area contributed by atoms with E-state index < -0.39 is 6.23 Å². The monoisotopic (exact) mass is 263 g/mol. The molecule has 0 spiro atoms. The number of ether oxygens (including phenoxy) is 2. The SMILES string of the molecule is CC(O)N(CCOCCCN)CCOCCCN. The Hall–Kier alpha value is -0.240. The Labute approximate surface area is 110 Å². The van der Waals surface area contributed by atoms with E-state index in [1.165, 1.54) is 0 Å². The molecule has 18 heavy (non-hydrogen) atoms. The van der Waals surface area contributed by atoms with Crippen LogP contribution in [-0.4, -0.2) is 68.8 Å². The van der Waals surface area contributed by atoms with Gasteiger partial charge in [-0.1, -0.05) is 0 Å². The summed E-state index contributed by atoms with van der Waals surface area (Å²) in [5.41, 5.74) is 10.7. The fourth-order valence-corrected chi connectivity index (χ4v) is 1.42. The van der Waals surface area contributed by atoms with Crippen LogP contribution in [0.3, 0.4) is 0 Å². The molecule has 0 aromatic rings. The largest absolute Gasteiger partial charge is 0.380 e. The lowest BCUT2D eigenvalue weighted by Gasteiger charge is -2.25.